The molecule has 2 aromatic rings. The number of thiophene rings is 1. The Bertz CT molecular complexity index is 969. The molecule has 33 heavy (non-hydrogen) atoms. The number of benzene rings is 1. The first-order valence-electron chi connectivity index (χ1n) is 11.9. The molecule has 2 heterocycles. The van der Waals surface area contributed by atoms with E-state index in [1.54, 1.807) is 23.3 Å². The molecule has 0 saturated heterocycles. The number of hydrogen-bond donors (Lipinski definition) is 0. The van der Waals surface area contributed by atoms with E-state index in [1.807, 2.05) is 29.2 Å². The molecule has 0 radical (unpaired) electrons. The Kier molecular flexibility index (Phi) is 7.58. The van der Waals surface area contributed by atoms with Crippen LogP contribution in [0.25, 0.3) is 0 Å². The first kappa shape index (κ1) is 23.6. The molecule has 2 amide bonds. The number of nitrogens with zero attached hydrogens (tertiary/aromatic N) is 2. The normalized spacial score (nSPS) is 17.6. The van der Waals surface area contributed by atoms with Crippen LogP contribution in [0.2, 0.25) is 0 Å². The summed E-state index contributed by atoms with van der Waals surface area (Å²) in [7, 11) is 1.62. The lowest BCUT2D eigenvalue weighted by molar-refractivity contribution is -0.143. The van der Waals surface area contributed by atoms with E-state index in [2.05, 4.69) is 25.3 Å². The van der Waals surface area contributed by atoms with E-state index in [0.717, 1.165) is 31.2 Å². The maximum Gasteiger partial charge on any atom is 0.242 e. The summed E-state index contributed by atoms with van der Waals surface area (Å²) in [6, 6.07) is 9.48. The molecule has 1 saturated carbocycles. The van der Waals surface area contributed by atoms with Gasteiger partial charge in [0.05, 0.1) is 19.7 Å². The Morgan fingerprint density at radius 3 is 2.64 bits per heavy atom. The number of carbonyl (C=O) groups is 2. The van der Waals surface area contributed by atoms with Crippen molar-refractivity contribution in [3.8, 4) is 11.5 Å². The summed E-state index contributed by atoms with van der Waals surface area (Å²) in [6.45, 7) is 6.07. The topological polar surface area (TPSA) is 59.1 Å². The van der Waals surface area contributed by atoms with E-state index < -0.39 is 0 Å². The number of fused-ring (bicyclic) bond motifs is 1. The highest BCUT2D eigenvalue weighted by Gasteiger charge is 2.37. The average molecular weight is 471 g/mol. The van der Waals surface area contributed by atoms with Gasteiger partial charge in [0.2, 0.25) is 11.8 Å². The highest BCUT2D eigenvalue weighted by Crippen LogP contribution is 2.36. The summed E-state index contributed by atoms with van der Waals surface area (Å²) >= 11 is 1.73. The Labute approximate surface area is 200 Å². The van der Waals surface area contributed by atoms with Crippen molar-refractivity contribution in [3.63, 3.8) is 0 Å². The molecule has 6 nitrogen and oxygen atoms in total. The molecule has 1 unspecified atom stereocenters. The fourth-order valence-electron chi connectivity index (χ4n) is 4.31. The van der Waals surface area contributed by atoms with Crippen molar-refractivity contribution in [2.24, 2.45) is 11.8 Å². The molecule has 4 rings (SSSR count). The van der Waals surface area contributed by atoms with Crippen molar-refractivity contribution in [1.82, 2.24) is 9.80 Å². The molecule has 7 heteroatoms. The first-order valence-corrected chi connectivity index (χ1v) is 12.8. The van der Waals surface area contributed by atoms with Crippen molar-refractivity contribution < 1.29 is 19.1 Å². The minimum Gasteiger partial charge on any atom is -0.493 e. The predicted octanol–water partition coefficient (Wildman–Crippen LogP) is 4.55. The van der Waals surface area contributed by atoms with Gasteiger partial charge in [-0.05, 0) is 60.7 Å². The van der Waals surface area contributed by atoms with Crippen molar-refractivity contribution >= 4 is 23.2 Å². The molecule has 2 aliphatic rings. The lowest BCUT2D eigenvalue weighted by atomic mass is 10.00. The van der Waals surface area contributed by atoms with Crippen LogP contribution in [0.3, 0.4) is 0 Å². The zero-order chi connectivity index (χ0) is 23.4. The number of carbonyl (C=O) groups excluding carboxylic acids is 2. The van der Waals surface area contributed by atoms with Gasteiger partial charge < -0.3 is 19.3 Å². The van der Waals surface area contributed by atoms with E-state index in [-0.39, 0.29) is 30.3 Å². The molecule has 0 bridgehead atoms. The van der Waals surface area contributed by atoms with Gasteiger partial charge in [-0.3, -0.25) is 9.59 Å². The maximum atomic E-state index is 13.5. The third kappa shape index (κ3) is 5.69. The van der Waals surface area contributed by atoms with Gasteiger partial charge in [0.1, 0.15) is 6.61 Å². The summed E-state index contributed by atoms with van der Waals surface area (Å²) < 4.78 is 11.6. The van der Waals surface area contributed by atoms with Gasteiger partial charge in [0, 0.05) is 23.9 Å². The highest BCUT2D eigenvalue weighted by atomic mass is 32.1. The molecule has 0 spiro atoms. The fraction of sp³-hybridized carbons (Fsp3) is 0.538. The lowest BCUT2D eigenvalue weighted by Gasteiger charge is -2.37. The molecule has 1 atom stereocenters. The number of amides is 2. The van der Waals surface area contributed by atoms with Crippen LogP contribution in [0.15, 0.2) is 35.7 Å². The molecule has 1 aliphatic heterocycles. The van der Waals surface area contributed by atoms with Gasteiger partial charge >= 0.3 is 0 Å². The quantitative estimate of drug-likeness (QED) is 0.511. The minimum absolute atomic E-state index is 0.00164. The summed E-state index contributed by atoms with van der Waals surface area (Å²) in [5.41, 5.74) is 1.15. The second-order valence-corrected chi connectivity index (χ2v) is 10.3. The van der Waals surface area contributed by atoms with Crippen molar-refractivity contribution in [2.45, 2.75) is 45.6 Å². The Balaban J connectivity index is 1.50. The monoisotopic (exact) mass is 470 g/mol. The third-order valence-electron chi connectivity index (χ3n) is 6.42. The van der Waals surface area contributed by atoms with Gasteiger partial charge in [-0.2, -0.15) is 0 Å². The minimum atomic E-state index is -0.180. The Morgan fingerprint density at radius 2 is 1.94 bits per heavy atom. The molecular weight excluding hydrogens is 436 g/mol. The second kappa shape index (κ2) is 10.6. The molecular formula is C26H34N2O4S. The van der Waals surface area contributed by atoms with E-state index in [9.17, 15) is 9.59 Å². The number of rotatable bonds is 10. The SMILES string of the molecule is COc1ccccc1OCC1c2ccsc2CCN1C(=O)CN(CCC(C)C)C(=O)C1CC1. The van der Waals surface area contributed by atoms with Crippen LogP contribution < -0.4 is 9.47 Å². The zero-order valence-electron chi connectivity index (χ0n) is 19.8. The van der Waals surface area contributed by atoms with Crippen LogP contribution in [-0.2, 0) is 16.0 Å². The van der Waals surface area contributed by atoms with Crippen LogP contribution in [-0.4, -0.2) is 55.0 Å². The van der Waals surface area contributed by atoms with Gasteiger partial charge in [0.25, 0.3) is 0 Å². The molecule has 1 aromatic carbocycles. The van der Waals surface area contributed by atoms with Gasteiger partial charge in [-0.25, -0.2) is 0 Å². The number of methoxy groups -OCH3 is 1. The molecule has 1 aliphatic carbocycles. The highest BCUT2D eigenvalue weighted by molar-refractivity contribution is 7.10. The Morgan fingerprint density at radius 1 is 1.18 bits per heavy atom. The van der Waals surface area contributed by atoms with E-state index in [1.165, 1.54) is 4.88 Å². The maximum absolute atomic E-state index is 13.5. The molecule has 0 N–H and O–H groups in total. The number of ether oxygens (including phenoxy) is 2. The van der Waals surface area contributed by atoms with Gasteiger partial charge in [-0.15, -0.1) is 11.3 Å². The largest absolute Gasteiger partial charge is 0.493 e. The number of hydrogen-bond acceptors (Lipinski definition) is 5. The van der Waals surface area contributed by atoms with Gasteiger partial charge in [-0.1, -0.05) is 26.0 Å². The Hall–Kier alpha value is -2.54. The standard InChI is InChI=1S/C26H34N2O4S/c1-18(2)10-13-27(26(30)19-8-9-19)16-25(29)28-14-11-24-20(12-15-33-24)21(28)17-32-23-7-5-4-6-22(23)31-3/h4-7,12,15,18-19,21H,8-11,13-14,16-17H2,1-3H3. The summed E-state index contributed by atoms with van der Waals surface area (Å²) in [6.07, 6.45) is 3.64. The number of para-hydroxylation sites is 2. The second-order valence-electron chi connectivity index (χ2n) is 9.33. The van der Waals surface area contributed by atoms with Crippen molar-refractivity contribution in [2.75, 3.05) is 33.4 Å². The predicted molar refractivity (Wildman–Crippen MR) is 130 cm³/mol. The summed E-state index contributed by atoms with van der Waals surface area (Å²) in [5, 5.41) is 2.08. The van der Waals surface area contributed by atoms with E-state index >= 15 is 0 Å². The molecule has 178 valence electrons. The first-order chi connectivity index (χ1) is 16.0. The van der Waals surface area contributed by atoms with Crippen molar-refractivity contribution in [3.05, 3.63) is 46.2 Å². The van der Waals surface area contributed by atoms with Gasteiger partial charge in [0.15, 0.2) is 11.5 Å². The average Bonchev–Trinajstić information content (AvgIpc) is 3.56. The van der Waals surface area contributed by atoms with Crippen LogP contribution in [0.4, 0.5) is 0 Å². The lowest BCUT2D eigenvalue weighted by Crippen LogP contribution is -2.48. The van der Waals surface area contributed by atoms with Crippen LogP contribution >= 0.6 is 11.3 Å². The van der Waals surface area contributed by atoms with E-state index in [0.29, 0.717) is 37.1 Å². The fourth-order valence-corrected chi connectivity index (χ4v) is 5.23. The van der Waals surface area contributed by atoms with Crippen LogP contribution in [0.1, 0.15) is 49.6 Å². The molecule has 1 fully saturated rings. The zero-order valence-corrected chi connectivity index (χ0v) is 20.6. The smallest absolute Gasteiger partial charge is 0.242 e. The van der Waals surface area contributed by atoms with Crippen LogP contribution in [0, 0.1) is 11.8 Å². The van der Waals surface area contributed by atoms with Crippen LogP contribution in [0.5, 0.6) is 11.5 Å². The summed E-state index contributed by atoms with van der Waals surface area (Å²) in [5.74, 6) is 2.07. The third-order valence-corrected chi connectivity index (χ3v) is 7.42. The van der Waals surface area contributed by atoms with Crippen molar-refractivity contribution in [1.29, 1.82) is 0 Å². The summed E-state index contributed by atoms with van der Waals surface area (Å²) in [4.78, 5) is 31.4. The molecule has 1 aromatic heterocycles. The van der Waals surface area contributed by atoms with E-state index in [4.69, 9.17) is 9.47 Å².